The Morgan fingerprint density at radius 1 is 1.18 bits per heavy atom. The first-order valence-electron chi connectivity index (χ1n) is 6.84. The zero-order valence-electron chi connectivity index (χ0n) is 11.8. The van der Waals surface area contributed by atoms with Gasteiger partial charge in [0, 0.05) is 11.8 Å². The van der Waals surface area contributed by atoms with E-state index in [1.54, 1.807) is 35.6 Å². The van der Waals surface area contributed by atoms with Crippen molar-refractivity contribution in [3.63, 3.8) is 0 Å². The first kappa shape index (κ1) is 13.0. The number of hydrogen-bond acceptors (Lipinski definition) is 3. The molecule has 1 N–H and O–H groups in total. The Balaban J connectivity index is 1.84. The molecular weight excluding hydrogens is 296 g/mol. The van der Waals surface area contributed by atoms with Crippen molar-refractivity contribution in [2.24, 2.45) is 0 Å². The maximum Gasteiger partial charge on any atom is 0.335 e. The quantitative estimate of drug-likeness (QED) is 0.603. The predicted octanol–water partition coefficient (Wildman–Crippen LogP) is 4.22. The standard InChI is InChI=1S/C17H12N2O2S/c1-10-2-7-14-15(8-10)22-17-18-13(9-19(14)17)11-3-5-12(6-4-11)16(20)21/h2-9H,1H3,(H,20,21). The van der Waals surface area contributed by atoms with Crippen LogP contribution >= 0.6 is 11.3 Å². The molecule has 0 fully saturated rings. The van der Waals surface area contributed by atoms with Gasteiger partial charge in [0.15, 0.2) is 4.96 Å². The lowest BCUT2D eigenvalue weighted by Gasteiger charge is -1.98. The van der Waals surface area contributed by atoms with Crippen LogP contribution in [-0.4, -0.2) is 20.5 Å². The van der Waals surface area contributed by atoms with Gasteiger partial charge in [0.05, 0.1) is 21.5 Å². The zero-order chi connectivity index (χ0) is 15.3. The Morgan fingerprint density at radius 3 is 2.68 bits per heavy atom. The normalized spacial score (nSPS) is 11.3. The highest BCUT2D eigenvalue weighted by Crippen LogP contribution is 2.30. The largest absolute Gasteiger partial charge is 0.478 e. The van der Waals surface area contributed by atoms with Crippen LogP contribution in [0.5, 0.6) is 0 Å². The molecule has 0 bridgehead atoms. The summed E-state index contributed by atoms with van der Waals surface area (Å²) in [7, 11) is 0. The summed E-state index contributed by atoms with van der Waals surface area (Å²) in [6.45, 7) is 2.08. The van der Waals surface area contributed by atoms with Crippen molar-refractivity contribution in [3.05, 3.63) is 59.8 Å². The van der Waals surface area contributed by atoms with Crippen LogP contribution in [0.2, 0.25) is 0 Å². The molecule has 108 valence electrons. The van der Waals surface area contributed by atoms with Crippen molar-refractivity contribution in [1.29, 1.82) is 0 Å². The molecular formula is C17H12N2O2S. The Bertz CT molecular complexity index is 1010. The van der Waals surface area contributed by atoms with E-state index in [1.807, 2.05) is 6.20 Å². The SMILES string of the molecule is Cc1ccc2c(c1)sc1nc(-c3ccc(C(=O)O)cc3)cn12. The van der Waals surface area contributed by atoms with Crippen molar-refractivity contribution in [3.8, 4) is 11.3 Å². The highest BCUT2D eigenvalue weighted by atomic mass is 32.1. The van der Waals surface area contributed by atoms with E-state index in [-0.39, 0.29) is 5.56 Å². The van der Waals surface area contributed by atoms with Crippen molar-refractivity contribution in [2.75, 3.05) is 0 Å². The Morgan fingerprint density at radius 2 is 1.95 bits per heavy atom. The Hall–Kier alpha value is -2.66. The summed E-state index contributed by atoms with van der Waals surface area (Å²) in [5, 5.41) is 8.95. The van der Waals surface area contributed by atoms with E-state index in [0.29, 0.717) is 0 Å². The zero-order valence-corrected chi connectivity index (χ0v) is 12.6. The molecule has 0 radical (unpaired) electrons. The minimum absolute atomic E-state index is 0.283. The lowest BCUT2D eigenvalue weighted by atomic mass is 10.1. The van der Waals surface area contributed by atoms with Gasteiger partial charge >= 0.3 is 5.97 Å². The van der Waals surface area contributed by atoms with Crippen LogP contribution in [0.25, 0.3) is 26.4 Å². The molecule has 0 unspecified atom stereocenters. The fourth-order valence-electron chi connectivity index (χ4n) is 2.53. The molecule has 2 aromatic carbocycles. The summed E-state index contributed by atoms with van der Waals surface area (Å²) in [5.74, 6) is -0.918. The number of benzene rings is 2. The van der Waals surface area contributed by atoms with Gasteiger partial charge in [-0.25, -0.2) is 9.78 Å². The van der Waals surface area contributed by atoms with Crippen molar-refractivity contribution >= 4 is 32.5 Å². The van der Waals surface area contributed by atoms with E-state index in [0.717, 1.165) is 21.7 Å². The first-order valence-corrected chi connectivity index (χ1v) is 7.65. The number of imidazole rings is 1. The van der Waals surface area contributed by atoms with Crippen molar-refractivity contribution in [1.82, 2.24) is 9.38 Å². The van der Waals surface area contributed by atoms with Gasteiger partial charge in [0.2, 0.25) is 0 Å². The Labute approximate surface area is 130 Å². The molecule has 0 saturated heterocycles. The van der Waals surface area contributed by atoms with Gasteiger partial charge in [-0.3, -0.25) is 4.40 Å². The van der Waals surface area contributed by atoms with E-state index < -0.39 is 5.97 Å². The van der Waals surface area contributed by atoms with Crippen molar-refractivity contribution < 1.29 is 9.90 Å². The molecule has 5 heteroatoms. The molecule has 2 aromatic heterocycles. The van der Waals surface area contributed by atoms with Gasteiger partial charge in [0.1, 0.15) is 0 Å². The molecule has 4 nitrogen and oxygen atoms in total. The average Bonchev–Trinajstić information content (AvgIpc) is 3.04. The van der Waals surface area contributed by atoms with E-state index in [9.17, 15) is 4.79 Å². The topological polar surface area (TPSA) is 54.6 Å². The molecule has 0 aliphatic heterocycles. The minimum atomic E-state index is -0.918. The highest BCUT2D eigenvalue weighted by molar-refractivity contribution is 7.23. The van der Waals surface area contributed by atoms with Gasteiger partial charge in [-0.2, -0.15) is 0 Å². The molecule has 0 atom stereocenters. The number of thiazole rings is 1. The average molecular weight is 308 g/mol. The third-order valence-electron chi connectivity index (χ3n) is 3.68. The number of carboxylic acids is 1. The van der Waals surface area contributed by atoms with Crippen LogP contribution in [0.4, 0.5) is 0 Å². The van der Waals surface area contributed by atoms with Crippen LogP contribution in [-0.2, 0) is 0 Å². The van der Waals surface area contributed by atoms with Crippen LogP contribution in [0.1, 0.15) is 15.9 Å². The number of hydrogen-bond donors (Lipinski definition) is 1. The summed E-state index contributed by atoms with van der Waals surface area (Å²) >= 11 is 1.66. The van der Waals surface area contributed by atoms with Crippen molar-refractivity contribution in [2.45, 2.75) is 6.92 Å². The molecule has 0 aliphatic carbocycles. The van der Waals surface area contributed by atoms with Crippen LogP contribution in [0.15, 0.2) is 48.7 Å². The summed E-state index contributed by atoms with van der Waals surface area (Å²) in [5.41, 5.74) is 4.44. The number of aryl methyl sites for hydroxylation is 1. The lowest BCUT2D eigenvalue weighted by Crippen LogP contribution is -1.94. The maximum absolute atomic E-state index is 10.9. The Kier molecular flexibility index (Phi) is 2.77. The number of carbonyl (C=O) groups is 1. The third-order valence-corrected chi connectivity index (χ3v) is 4.69. The molecule has 2 heterocycles. The molecule has 0 saturated carbocycles. The highest BCUT2D eigenvalue weighted by Gasteiger charge is 2.11. The molecule has 4 rings (SSSR count). The van der Waals surface area contributed by atoms with Gasteiger partial charge < -0.3 is 5.11 Å². The third kappa shape index (κ3) is 1.98. The monoisotopic (exact) mass is 308 g/mol. The number of aromatic carboxylic acids is 1. The summed E-state index contributed by atoms with van der Waals surface area (Å²) in [6, 6.07) is 13.2. The number of rotatable bonds is 2. The van der Waals surface area contributed by atoms with Crippen LogP contribution in [0, 0.1) is 6.92 Å². The summed E-state index contributed by atoms with van der Waals surface area (Å²) in [6.07, 6.45) is 2.00. The van der Waals surface area contributed by atoms with E-state index >= 15 is 0 Å². The first-order chi connectivity index (χ1) is 10.6. The minimum Gasteiger partial charge on any atom is -0.478 e. The number of aromatic nitrogens is 2. The van der Waals surface area contributed by atoms with Gasteiger partial charge in [-0.05, 0) is 36.8 Å². The fourth-order valence-corrected chi connectivity index (χ4v) is 3.64. The second-order valence-corrected chi connectivity index (χ2v) is 6.24. The van der Waals surface area contributed by atoms with E-state index in [4.69, 9.17) is 5.11 Å². The molecule has 0 aliphatic rings. The van der Waals surface area contributed by atoms with Crippen LogP contribution < -0.4 is 0 Å². The maximum atomic E-state index is 10.9. The molecule has 0 amide bonds. The smallest absolute Gasteiger partial charge is 0.335 e. The lowest BCUT2D eigenvalue weighted by molar-refractivity contribution is 0.0697. The van der Waals surface area contributed by atoms with E-state index in [1.165, 1.54) is 10.3 Å². The van der Waals surface area contributed by atoms with Gasteiger partial charge in [-0.1, -0.05) is 29.5 Å². The van der Waals surface area contributed by atoms with Crippen LogP contribution in [0.3, 0.4) is 0 Å². The predicted molar refractivity (Wildman–Crippen MR) is 87.7 cm³/mol. The number of nitrogens with zero attached hydrogens (tertiary/aromatic N) is 2. The second kappa shape index (κ2) is 4.68. The van der Waals surface area contributed by atoms with Gasteiger partial charge in [0.25, 0.3) is 0 Å². The summed E-state index contributed by atoms with van der Waals surface area (Å²) in [4.78, 5) is 16.5. The summed E-state index contributed by atoms with van der Waals surface area (Å²) < 4.78 is 3.30. The fraction of sp³-hybridized carbons (Fsp3) is 0.0588. The number of fused-ring (bicyclic) bond motifs is 3. The molecule has 4 aromatic rings. The second-order valence-electron chi connectivity index (χ2n) is 5.23. The van der Waals surface area contributed by atoms with E-state index in [2.05, 4.69) is 34.5 Å². The molecule has 0 spiro atoms. The van der Waals surface area contributed by atoms with Gasteiger partial charge in [-0.15, -0.1) is 0 Å². The number of carboxylic acid groups (broad SMARTS) is 1. The molecule has 22 heavy (non-hydrogen) atoms.